The van der Waals surface area contributed by atoms with Crippen LogP contribution in [0.15, 0.2) is 18.5 Å². The van der Waals surface area contributed by atoms with Crippen molar-refractivity contribution in [3.63, 3.8) is 0 Å². The second kappa shape index (κ2) is 5.06. The Morgan fingerprint density at radius 1 is 1.50 bits per heavy atom. The van der Waals surface area contributed by atoms with Gasteiger partial charge >= 0.3 is 0 Å². The van der Waals surface area contributed by atoms with E-state index in [1.807, 2.05) is 37.9 Å². The molecule has 1 aromatic rings. The van der Waals surface area contributed by atoms with Gasteiger partial charge in [0.2, 0.25) is 5.91 Å². The van der Waals surface area contributed by atoms with Crippen LogP contribution in [-0.4, -0.2) is 27.9 Å². The quantitative estimate of drug-likeness (QED) is 0.866. The fraction of sp³-hybridized carbons (Fsp3) is 0.571. The lowest BCUT2D eigenvalue weighted by atomic mass is 9.88. The highest BCUT2D eigenvalue weighted by atomic mass is 16.2. The van der Waals surface area contributed by atoms with Gasteiger partial charge in [-0.25, -0.2) is 0 Å². The van der Waals surface area contributed by atoms with Gasteiger partial charge in [0.1, 0.15) is 0 Å². The van der Waals surface area contributed by atoms with Crippen molar-refractivity contribution in [1.82, 2.24) is 9.88 Å². The van der Waals surface area contributed by atoms with Crippen LogP contribution in [0.3, 0.4) is 0 Å². The molecule has 4 nitrogen and oxygen atoms in total. The zero-order chi connectivity index (χ0) is 13.3. The number of nitrogens with two attached hydrogens (primary N) is 1. The van der Waals surface area contributed by atoms with Gasteiger partial charge < -0.3 is 10.6 Å². The molecule has 4 heteroatoms. The Balaban J connectivity index is 2.43. The Bertz CT molecular complexity index is 444. The largest absolute Gasteiger partial charge is 0.332 e. The Morgan fingerprint density at radius 2 is 2.22 bits per heavy atom. The molecule has 2 atom stereocenters. The van der Waals surface area contributed by atoms with Crippen LogP contribution in [0.5, 0.6) is 0 Å². The third-order valence-electron chi connectivity index (χ3n) is 3.64. The number of carbonyl (C=O) groups is 1. The van der Waals surface area contributed by atoms with Crippen molar-refractivity contribution in [2.75, 3.05) is 0 Å². The van der Waals surface area contributed by atoms with Gasteiger partial charge in [0, 0.05) is 30.9 Å². The topological polar surface area (TPSA) is 59.2 Å². The second-order valence-corrected chi connectivity index (χ2v) is 5.27. The van der Waals surface area contributed by atoms with Crippen LogP contribution >= 0.6 is 0 Å². The molecular formula is C14H21N3O. The van der Waals surface area contributed by atoms with Crippen LogP contribution < -0.4 is 5.73 Å². The standard InChI is InChI=1S/C14H21N3O/c1-9(2)17-13(18)5-4-12(15)14(17)11-8-16-7-6-10(11)3/h6-9,12,14H,4-5,15H2,1-3H3. The summed E-state index contributed by atoms with van der Waals surface area (Å²) >= 11 is 0. The molecule has 0 aromatic carbocycles. The lowest BCUT2D eigenvalue weighted by Gasteiger charge is -2.42. The maximum atomic E-state index is 12.1. The number of aromatic nitrogens is 1. The Labute approximate surface area is 108 Å². The van der Waals surface area contributed by atoms with E-state index in [9.17, 15) is 4.79 Å². The van der Waals surface area contributed by atoms with Crippen molar-refractivity contribution in [3.05, 3.63) is 29.6 Å². The molecule has 1 fully saturated rings. The first-order valence-corrected chi connectivity index (χ1v) is 6.49. The van der Waals surface area contributed by atoms with Crippen LogP contribution in [0.1, 0.15) is 43.9 Å². The van der Waals surface area contributed by atoms with Gasteiger partial charge in [0.25, 0.3) is 0 Å². The Morgan fingerprint density at radius 3 is 2.83 bits per heavy atom. The monoisotopic (exact) mass is 247 g/mol. The average molecular weight is 247 g/mol. The highest BCUT2D eigenvalue weighted by molar-refractivity contribution is 5.78. The summed E-state index contributed by atoms with van der Waals surface area (Å²) in [4.78, 5) is 18.2. The molecule has 1 aromatic heterocycles. The normalized spacial score (nSPS) is 24.7. The highest BCUT2D eigenvalue weighted by Crippen LogP contribution is 2.33. The lowest BCUT2D eigenvalue weighted by molar-refractivity contribution is -0.139. The van der Waals surface area contributed by atoms with E-state index in [4.69, 9.17) is 5.73 Å². The predicted octanol–water partition coefficient (Wildman–Crippen LogP) is 1.79. The summed E-state index contributed by atoms with van der Waals surface area (Å²) in [6.07, 6.45) is 4.92. The number of rotatable bonds is 2. The van der Waals surface area contributed by atoms with Crippen molar-refractivity contribution in [2.45, 2.75) is 51.7 Å². The van der Waals surface area contributed by atoms with E-state index in [1.54, 1.807) is 6.20 Å². The van der Waals surface area contributed by atoms with Gasteiger partial charge in [-0.1, -0.05) is 0 Å². The number of aryl methyl sites for hydroxylation is 1. The summed E-state index contributed by atoms with van der Waals surface area (Å²) in [6, 6.07) is 2.08. The minimum Gasteiger partial charge on any atom is -0.332 e. The fourth-order valence-electron chi connectivity index (χ4n) is 2.71. The first-order valence-electron chi connectivity index (χ1n) is 6.49. The van der Waals surface area contributed by atoms with Gasteiger partial charge in [0.15, 0.2) is 0 Å². The maximum absolute atomic E-state index is 12.1. The van der Waals surface area contributed by atoms with Crippen molar-refractivity contribution in [1.29, 1.82) is 0 Å². The number of hydrogen-bond acceptors (Lipinski definition) is 3. The van der Waals surface area contributed by atoms with E-state index < -0.39 is 0 Å². The summed E-state index contributed by atoms with van der Waals surface area (Å²) in [7, 11) is 0. The van der Waals surface area contributed by atoms with Crippen molar-refractivity contribution >= 4 is 5.91 Å². The lowest BCUT2D eigenvalue weighted by Crippen LogP contribution is -2.51. The maximum Gasteiger partial charge on any atom is 0.223 e. The highest BCUT2D eigenvalue weighted by Gasteiger charge is 2.36. The SMILES string of the molecule is Cc1ccncc1C1C(N)CCC(=O)N1C(C)C. The minimum absolute atomic E-state index is 0.00648. The van der Waals surface area contributed by atoms with Gasteiger partial charge in [-0.15, -0.1) is 0 Å². The number of piperidine rings is 1. The number of likely N-dealkylation sites (tertiary alicyclic amines) is 1. The number of hydrogen-bond donors (Lipinski definition) is 1. The molecule has 98 valence electrons. The summed E-state index contributed by atoms with van der Waals surface area (Å²) in [5.41, 5.74) is 8.47. The predicted molar refractivity (Wildman–Crippen MR) is 70.9 cm³/mol. The molecule has 0 radical (unpaired) electrons. The van der Waals surface area contributed by atoms with Crippen LogP contribution in [0, 0.1) is 6.92 Å². The zero-order valence-electron chi connectivity index (χ0n) is 11.3. The van der Waals surface area contributed by atoms with E-state index >= 15 is 0 Å². The Kier molecular flexibility index (Phi) is 3.66. The van der Waals surface area contributed by atoms with Gasteiger partial charge in [-0.2, -0.15) is 0 Å². The third kappa shape index (κ3) is 2.25. The van der Waals surface area contributed by atoms with E-state index in [1.165, 1.54) is 0 Å². The molecule has 1 aliphatic heterocycles. The smallest absolute Gasteiger partial charge is 0.223 e. The molecule has 18 heavy (non-hydrogen) atoms. The van der Waals surface area contributed by atoms with Crippen LogP contribution in [0.25, 0.3) is 0 Å². The number of amides is 1. The van der Waals surface area contributed by atoms with E-state index in [2.05, 4.69) is 4.98 Å². The molecule has 2 unspecified atom stereocenters. The molecular weight excluding hydrogens is 226 g/mol. The molecule has 0 saturated carbocycles. The van der Waals surface area contributed by atoms with Crippen LogP contribution in [0.4, 0.5) is 0 Å². The molecule has 0 spiro atoms. The van der Waals surface area contributed by atoms with E-state index in [0.29, 0.717) is 6.42 Å². The molecule has 0 bridgehead atoms. The van der Waals surface area contributed by atoms with Gasteiger partial charge in [-0.3, -0.25) is 9.78 Å². The fourth-order valence-corrected chi connectivity index (χ4v) is 2.71. The first-order chi connectivity index (χ1) is 8.52. The van der Waals surface area contributed by atoms with Crippen molar-refractivity contribution < 1.29 is 4.79 Å². The van der Waals surface area contributed by atoms with Gasteiger partial charge in [-0.05, 0) is 44.4 Å². The van der Waals surface area contributed by atoms with Gasteiger partial charge in [0.05, 0.1) is 6.04 Å². The van der Waals surface area contributed by atoms with Crippen molar-refractivity contribution in [2.24, 2.45) is 5.73 Å². The minimum atomic E-state index is -0.0417. The summed E-state index contributed by atoms with van der Waals surface area (Å²) < 4.78 is 0. The number of carbonyl (C=O) groups excluding carboxylic acids is 1. The summed E-state index contributed by atoms with van der Waals surface area (Å²) in [6.45, 7) is 6.12. The molecule has 1 saturated heterocycles. The van der Waals surface area contributed by atoms with Crippen LogP contribution in [-0.2, 0) is 4.79 Å². The Hall–Kier alpha value is -1.42. The summed E-state index contributed by atoms with van der Waals surface area (Å²) in [5.74, 6) is 0.194. The summed E-state index contributed by atoms with van der Waals surface area (Å²) in [5, 5.41) is 0. The van der Waals surface area contributed by atoms with Crippen molar-refractivity contribution in [3.8, 4) is 0 Å². The number of pyridine rings is 1. The second-order valence-electron chi connectivity index (χ2n) is 5.27. The van der Waals surface area contributed by atoms with E-state index in [-0.39, 0.29) is 24.0 Å². The molecule has 1 aliphatic rings. The third-order valence-corrected chi connectivity index (χ3v) is 3.64. The zero-order valence-corrected chi connectivity index (χ0v) is 11.3. The molecule has 2 heterocycles. The average Bonchev–Trinajstić information content (AvgIpc) is 2.32. The van der Waals surface area contributed by atoms with E-state index in [0.717, 1.165) is 17.5 Å². The molecule has 2 rings (SSSR count). The first kappa shape index (κ1) is 13.0. The molecule has 1 amide bonds. The van der Waals surface area contributed by atoms with Crippen LogP contribution in [0.2, 0.25) is 0 Å². The molecule has 2 N–H and O–H groups in total. The molecule has 0 aliphatic carbocycles. The number of nitrogens with zero attached hydrogens (tertiary/aromatic N) is 2.